The van der Waals surface area contributed by atoms with Crippen molar-refractivity contribution in [3.05, 3.63) is 29.8 Å². The van der Waals surface area contributed by atoms with Crippen molar-refractivity contribution in [3.8, 4) is 5.75 Å². The van der Waals surface area contributed by atoms with E-state index in [1.165, 1.54) is 5.56 Å². The Morgan fingerprint density at radius 3 is 2.22 bits per heavy atom. The number of benzene rings is 1. The van der Waals surface area contributed by atoms with E-state index in [-0.39, 0.29) is 5.41 Å². The van der Waals surface area contributed by atoms with Crippen LogP contribution in [-0.4, -0.2) is 19.7 Å². The van der Waals surface area contributed by atoms with Gasteiger partial charge >= 0.3 is 0 Å². The molecule has 1 unspecified atom stereocenters. The summed E-state index contributed by atoms with van der Waals surface area (Å²) in [6.45, 7) is 9.66. The zero-order chi connectivity index (χ0) is 13.6. The number of likely N-dealkylation sites (N-methyl/N-ethyl adjacent to an activating group) is 1. The van der Waals surface area contributed by atoms with Crippen LogP contribution in [-0.2, 0) is 5.41 Å². The zero-order valence-electron chi connectivity index (χ0n) is 12.4. The summed E-state index contributed by atoms with van der Waals surface area (Å²) in [5.74, 6) is 0.958. The van der Waals surface area contributed by atoms with E-state index in [1.807, 2.05) is 7.05 Å². The molecule has 1 atom stereocenters. The van der Waals surface area contributed by atoms with Crippen LogP contribution >= 0.6 is 0 Å². The SMILES string of the molecule is CCC(COc1ccc(C(C)(C)CC)cc1)NC. The highest BCUT2D eigenvalue weighted by Crippen LogP contribution is 2.28. The molecule has 0 aromatic heterocycles. The average Bonchev–Trinajstić information content (AvgIpc) is 2.40. The summed E-state index contributed by atoms with van der Waals surface area (Å²) in [7, 11) is 1.98. The normalized spacial score (nSPS) is 13.4. The van der Waals surface area contributed by atoms with Crippen molar-refractivity contribution in [1.29, 1.82) is 0 Å². The summed E-state index contributed by atoms with van der Waals surface area (Å²) < 4.78 is 5.79. The lowest BCUT2D eigenvalue weighted by molar-refractivity contribution is 0.267. The second-order valence-corrected chi connectivity index (χ2v) is 5.47. The monoisotopic (exact) mass is 249 g/mol. The fourth-order valence-electron chi connectivity index (χ4n) is 1.81. The molecule has 0 amide bonds. The average molecular weight is 249 g/mol. The van der Waals surface area contributed by atoms with Crippen LogP contribution in [0.15, 0.2) is 24.3 Å². The van der Waals surface area contributed by atoms with Crippen LogP contribution in [0.4, 0.5) is 0 Å². The predicted molar refractivity (Wildman–Crippen MR) is 78.4 cm³/mol. The first-order valence-electron chi connectivity index (χ1n) is 6.94. The Balaban J connectivity index is 2.61. The Hall–Kier alpha value is -1.02. The van der Waals surface area contributed by atoms with Crippen LogP contribution in [0.1, 0.15) is 46.1 Å². The summed E-state index contributed by atoms with van der Waals surface area (Å²) in [6.07, 6.45) is 2.22. The van der Waals surface area contributed by atoms with E-state index in [2.05, 4.69) is 57.3 Å². The van der Waals surface area contributed by atoms with Crippen molar-refractivity contribution in [1.82, 2.24) is 5.32 Å². The van der Waals surface area contributed by atoms with Gasteiger partial charge in [0.2, 0.25) is 0 Å². The minimum Gasteiger partial charge on any atom is -0.492 e. The van der Waals surface area contributed by atoms with Gasteiger partial charge in [-0.1, -0.05) is 39.8 Å². The van der Waals surface area contributed by atoms with Gasteiger partial charge < -0.3 is 10.1 Å². The fourth-order valence-corrected chi connectivity index (χ4v) is 1.81. The molecule has 1 aromatic carbocycles. The first-order valence-corrected chi connectivity index (χ1v) is 6.94. The summed E-state index contributed by atoms with van der Waals surface area (Å²) in [5, 5.41) is 3.24. The molecule has 0 aliphatic rings. The Bertz CT molecular complexity index is 339. The van der Waals surface area contributed by atoms with Crippen molar-refractivity contribution in [3.63, 3.8) is 0 Å². The molecule has 2 nitrogen and oxygen atoms in total. The molecule has 1 rings (SSSR count). The molecule has 0 aliphatic carbocycles. The van der Waals surface area contributed by atoms with E-state index >= 15 is 0 Å². The van der Waals surface area contributed by atoms with Crippen LogP contribution in [0.25, 0.3) is 0 Å². The van der Waals surface area contributed by atoms with Crippen molar-refractivity contribution in [2.75, 3.05) is 13.7 Å². The summed E-state index contributed by atoms with van der Waals surface area (Å²) in [6, 6.07) is 8.94. The van der Waals surface area contributed by atoms with Crippen molar-refractivity contribution >= 4 is 0 Å². The van der Waals surface area contributed by atoms with Crippen LogP contribution in [0.5, 0.6) is 5.75 Å². The number of nitrogens with one attached hydrogen (secondary N) is 1. The standard InChI is InChI=1S/C16H27NO/c1-6-14(17-5)12-18-15-10-8-13(9-11-15)16(3,4)7-2/h8-11,14,17H,6-7,12H2,1-5H3. The van der Waals surface area contributed by atoms with Gasteiger partial charge in [0.25, 0.3) is 0 Å². The van der Waals surface area contributed by atoms with E-state index in [1.54, 1.807) is 0 Å². The molecule has 0 fully saturated rings. The van der Waals surface area contributed by atoms with Gasteiger partial charge in [0, 0.05) is 6.04 Å². The van der Waals surface area contributed by atoms with Crippen molar-refractivity contribution in [2.45, 2.75) is 52.0 Å². The predicted octanol–water partition coefficient (Wildman–Crippen LogP) is 3.75. The maximum Gasteiger partial charge on any atom is 0.119 e. The lowest BCUT2D eigenvalue weighted by Gasteiger charge is -2.23. The summed E-state index contributed by atoms with van der Waals surface area (Å²) in [4.78, 5) is 0. The molecule has 1 aromatic rings. The highest BCUT2D eigenvalue weighted by Gasteiger charge is 2.17. The minimum absolute atomic E-state index is 0.245. The third-order valence-electron chi connectivity index (χ3n) is 3.87. The topological polar surface area (TPSA) is 21.3 Å². The number of rotatable bonds is 7. The van der Waals surface area contributed by atoms with E-state index < -0.39 is 0 Å². The maximum atomic E-state index is 5.79. The van der Waals surface area contributed by atoms with E-state index in [4.69, 9.17) is 4.74 Å². The van der Waals surface area contributed by atoms with Gasteiger partial charge in [-0.3, -0.25) is 0 Å². The molecule has 0 aliphatic heterocycles. The number of ether oxygens (including phenoxy) is 1. The summed E-state index contributed by atoms with van der Waals surface area (Å²) >= 11 is 0. The molecule has 102 valence electrons. The molecule has 0 saturated carbocycles. The van der Waals surface area contributed by atoms with Gasteiger partial charge in [-0.15, -0.1) is 0 Å². The molecule has 0 radical (unpaired) electrons. The Labute approximate surface area is 112 Å². The molecule has 0 heterocycles. The number of hydrogen-bond acceptors (Lipinski definition) is 2. The zero-order valence-corrected chi connectivity index (χ0v) is 12.4. The van der Waals surface area contributed by atoms with Crippen LogP contribution < -0.4 is 10.1 Å². The third-order valence-corrected chi connectivity index (χ3v) is 3.87. The van der Waals surface area contributed by atoms with E-state index in [9.17, 15) is 0 Å². The molecular formula is C16H27NO. The quantitative estimate of drug-likeness (QED) is 0.794. The van der Waals surface area contributed by atoms with Gasteiger partial charge in [0.05, 0.1) is 0 Å². The molecule has 0 saturated heterocycles. The Kier molecular flexibility index (Phi) is 5.67. The first kappa shape index (κ1) is 15.0. The lowest BCUT2D eigenvalue weighted by atomic mass is 9.82. The highest BCUT2D eigenvalue weighted by molar-refractivity contribution is 5.31. The van der Waals surface area contributed by atoms with Gasteiger partial charge in [-0.25, -0.2) is 0 Å². The molecule has 18 heavy (non-hydrogen) atoms. The molecule has 2 heteroatoms. The molecule has 1 N–H and O–H groups in total. The van der Waals surface area contributed by atoms with E-state index in [0.717, 1.165) is 25.2 Å². The highest BCUT2D eigenvalue weighted by atomic mass is 16.5. The Morgan fingerprint density at radius 1 is 1.17 bits per heavy atom. The largest absolute Gasteiger partial charge is 0.492 e. The summed E-state index contributed by atoms with van der Waals surface area (Å²) in [5.41, 5.74) is 1.62. The second-order valence-electron chi connectivity index (χ2n) is 5.47. The van der Waals surface area contributed by atoms with Gasteiger partial charge in [-0.2, -0.15) is 0 Å². The fraction of sp³-hybridized carbons (Fsp3) is 0.625. The van der Waals surface area contributed by atoms with Gasteiger partial charge in [0.15, 0.2) is 0 Å². The van der Waals surface area contributed by atoms with Gasteiger partial charge in [0.1, 0.15) is 12.4 Å². The number of hydrogen-bond donors (Lipinski definition) is 1. The second kappa shape index (κ2) is 6.79. The first-order chi connectivity index (χ1) is 8.53. The maximum absolute atomic E-state index is 5.79. The van der Waals surface area contributed by atoms with Crippen molar-refractivity contribution in [2.24, 2.45) is 0 Å². The lowest BCUT2D eigenvalue weighted by Crippen LogP contribution is -2.30. The van der Waals surface area contributed by atoms with Gasteiger partial charge in [-0.05, 0) is 43.0 Å². The van der Waals surface area contributed by atoms with Crippen LogP contribution in [0, 0.1) is 0 Å². The smallest absolute Gasteiger partial charge is 0.119 e. The molecular weight excluding hydrogens is 222 g/mol. The third kappa shape index (κ3) is 4.02. The van der Waals surface area contributed by atoms with Crippen molar-refractivity contribution < 1.29 is 4.74 Å². The minimum atomic E-state index is 0.245. The Morgan fingerprint density at radius 2 is 1.78 bits per heavy atom. The van der Waals surface area contributed by atoms with E-state index in [0.29, 0.717) is 6.04 Å². The molecule has 0 bridgehead atoms. The molecule has 0 spiro atoms. The van der Waals surface area contributed by atoms with Crippen LogP contribution in [0.2, 0.25) is 0 Å². The van der Waals surface area contributed by atoms with Crippen LogP contribution in [0.3, 0.4) is 0 Å².